The Kier molecular flexibility index (Phi) is 3.65. The number of aromatic carboxylic acids is 1. The number of carboxylic acid groups (broad SMARTS) is 1. The van der Waals surface area contributed by atoms with E-state index in [9.17, 15) is 4.79 Å². The second kappa shape index (κ2) is 4.56. The van der Waals surface area contributed by atoms with Crippen LogP contribution in [0.3, 0.4) is 0 Å². The molecular formula is C8H12BrN3O2. The van der Waals surface area contributed by atoms with Gasteiger partial charge in [0.25, 0.3) is 0 Å². The highest BCUT2D eigenvalue weighted by molar-refractivity contribution is 9.10. The lowest BCUT2D eigenvalue weighted by Crippen LogP contribution is -2.19. The van der Waals surface area contributed by atoms with Crippen LogP contribution in [0.2, 0.25) is 0 Å². The van der Waals surface area contributed by atoms with Crippen LogP contribution in [0.5, 0.6) is 0 Å². The molecule has 78 valence electrons. The maximum atomic E-state index is 10.7. The zero-order chi connectivity index (χ0) is 10.7. The Hall–Kier alpha value is -0.880. The second-order valence-corrected chi connectivity index (χ2v) is 3.93. The van der Waals surface area contributed by atoms with Crippen molar-refractivity contribution in [3.05, 3.63) is 16.4 Å². The Balaban J connectivity index is 2.74. The third-order valence-corrected chi connectivity index (χ3v) is 2.60. The highest BCUT2D eigenvalue weighted by Crippen LogP contribution is 2.15. The van der Waals surface area contributed by atoms with Crippen molar-refractivity contribution >= 4 is 21.9 Å². The van der Waals surface area contributed by atoms with E-state index in [2.05, 4.69) is 21.0 Å². The van der Waals surface area contributed by atoms with Gasteiger partial charge in [0.2, 0.25) is 0 Å². The molecule has 1 heterocycles. The summed E-state index contributed by atoms with van der Waals surface area (Å²) in [6.45, 7) is 1.49. The number of nitrogens with zero attached hydrogens (tertiary/aromatic N) is 3. The van der Waals surface area contributed by atoms with Gasteiger partial charge in [0, 0.05) is 6.54 Å². The quantitative estimate of drug-likeness (QED) is 0.876. The molecule has 1 rings (SSSR count). The third kappa shape index (κ3) is 2.55. The van der Waals surface area contributed by atoms with Crippen LogP contribution in [0.25, 0.3) is 0 Å². The van der Waals surface area contributed by atoms with Gasteiger partial charge in [-0.1, -0.05) is 0 Å². The van der Waals surface area contributed by atoms with Gasteiger partial charge < -0.3 is 10.0 Å². The number of hydrogen-bond donors (Lipinski definition) is 1. The highest BCUT2D eigenvalue weighted by atomic mass is 79.9. The molecule has 0 radical (unpaired) electrons. The normalized spacial score (nSPS) is 10.9. The summed E-state index contributed by atoms with van der Waals surface area (Å²) in [6, 6.07) is 0. The van der Waals surface area contributed by atoms with E-state index in [1.54, 1.807) is 4.68 Å². The van der Waals surface area contributed by atoms with E-state index in [4.69, 9.17) is 5.11 Å². The molecule has 0 atom stereocenters. The van der Waals surface area contributed by atoms with Gasteiger partial charge in [-0.3, -0.25) is 4.68 Å². The molecule has 0 bridgehead atoms. The minimum Gasteiger partial charge on any atom is -0.478 e. The monoisotopic (exact) mass is 261 g/mol. The van der Waals surface area contributed by atoms with Crippen LogP contribution in [0.15, 0.2) is 10.8 Å². The maximum absolute atomic E-state index is 10.7. The van der Waals surface area contributed by atoms with Crippen LogP contribution in [0.1, 0.15) is 10.4 Å². The number of aromatic nitrogens is 2. The summed E-state index contributed by atoms with van der Waals surface area (Å²) in [4.78, 5) is 12.7. The summed E-state index contributed by atoms with van der Waals surface area (Å²) in [6.07, 6.45) is 1.35. The minimum absolute atomic E-state index is 0.198. The standard InChI is InChI=1S/C8H12BrN3O2/c1-11(2)3-4-12-7(9)6(5-10-12)8(13)14/h5H,3-4H2,1-2H3,(H,13,14). The summed E-state index contributed by atoms with van der Waals surface area (Å²) in [5.41, 5.74) is 0.198. The van der Waals surface area contributed by atoms with Gasteiger partial charge in [0.1, 0.15) is 10.2 Å². The van der Waals surface area contributed by atoms with Crippen molar-refractivity contribution in [3.8, 4) is 0 Å². The zero-order valence-electron chi connectivity index (χ0n) is 8.07. The van der Waals surface area contributed by atoms with Crippen LogP contribution < -0.4 is 0 Å². The van der Waals surface area contributed by atoms with Crippen LogP contribution in [0.4, 0.5) is 0 Å². The maximum Gasteiger partial charge on any atom is 0.340 e. The van der Waals surface area contributed by atoms with E-state index in [0.29, 0.717) is 11.1 Å². The van der Waals surface area contributed by atoms with E-state index in [0.717, 1.165) is 6.54 Å². The van der Waals surface area contributed by atoms with Gasteiger partial charge in [0.05, 0.1) is 12.7 Å². The van der Waals surface area contributed by atoms with Gasteiger partial charge in [-0.25, -0.2) is 4.79 Å². The van der Waals surface area contributed by atoms with E-state index in [-0.39, 0.29) is 5.56 Å². The summed E-state index contributed by atoms with van der Waals surface area (Å²) in [5, 5.41) is 12.7. The van der Waals surface area contributed by atoms with Crippen molar-refractivity contribution < 1.29 is 9.90 Å². The van der Waals surface area contributed by atoms with Gasteiger partial charge >= 0.3 is 5.97 Å². The number of hydrogen-bond acceptors (Lipinski definition) is 3. The largest absolute Gasteiger partial charge is 0.478 e. The van der Waals surface area contributed by atoms with Gasteiger partial charge in [-0.05, 0) is 30.0 Å². The molecule has 0 spiro atoms. The molecular weight excluding hydrogens is 250 g/mol. The van der Waals surface area contributed by atoms with Crippen molar-refractivity contribution in [1.29, 1.82) is 0 Å². The van der Waals surface area contributed by atoms with E-state index >= 15 is 0 Å². The first kappa shape index (κ1) is 11.2. The predicted molar refractivity (Wildman–Crippen MR) is 55.4 cm³/mol. The summed E-state index contributed by atoms with van der Waals surface area (Å²) in [7, 11) is 3.91. The molecule has 14 heavy (non-hydrogen) atoms. The van der Waals surface area contributed by atoms with Crippen LogP contribution in [0, 0.1) is 0 Å². The molecule has 5 nitrogen and oxygen atoms in total. The fraction of sp³-hybridized carbons (Fsp3) is 0.500. The summed E-state index contributed by atoms with van der Waals surface area (Å²) in [5.74, 6) is -0.965. The first-order valence-electron chi connectivity index (χ1n) is 4.11. The van der Waals surface area contributed by atoms with Crippen LogP contribution in [-0.2, 0) is 6.54 Å². The van der Waals surface area contributed by atoms with E-state index in [1.165, 1.54) is 6.20 Å². The molecule has 0 saturated carbocycles. The lowest BCUT2D eigenvalue weighted by atomic mass is 10.4. The molecule has 0 aromatic carbocycles. The Labute approximate surface area is 90.4 Å². The third-order valence-electron chi connectivity index (χ3n) is 1.76. The Bertz CT molecular complexity index is 335. The fourth-order valence-corrected chi connectivity index (χ4v) is 1.51. The molecule has 0 unspecified atom stereocenters. The van der Waals surface area contributed by atoms with Crippen molar-refractivity contribution in [2.45, 2.75) is 6.54 Å². The first-order valence-corrected chi connectivity index (χ1v) is 4.91. The van der Waals surface area contributed by atoms with Gasteiger partial charge in [0.15, 0.2) is 0 Å². The van der Waals surface area contributed by atoms with Gasteiger partial charge in [-0.15, -0.1) is 0 Å². The Morgan fingerprint density at radius 3 is 2.79 bits per heavy atom. The SMILES string of the molecule is CN(C)CCn1ncc(C(=O)O)c1Br. The minimum atomic E-state index is -0.965. The number of carboxylic acids is 1. The number of rotatable bonds is 4. The molecule has 0 aliphatic rings. The zero-order valence-corrected chi connectivity index (χ0v) is 9.65. The topological polar surface area (TPSA) is 58.4 Å². The predicted octanol–water partition coefficient (Wildman–Crippen LogP) is 0.905. The molecule has 1 aromatic heterocycles. The average Bonchev–Trinajstić information content (AvgIpc) is 2.43. The van der Waals surface area contributed by atoms with Crippen LogP contribution in [-0.4, -0.2) is 46.4 Å². The first-order chi connectivity index (χ1) is 6.52. The molecule has 0 amide bonds. The lowest BCUT2D eigenvalue weighted by Gasteiger charge is -2.09. The number of halogens is 1. The Morgan fingerprint density at radius 1 is 1.71 bits per heavy atom. The smallest absolute Gasteiger partial charge is 0.340 e. The molecule has 6 heteroatoms. The van der Waals surface area contributed by atoms with Crippen molar-refractivity contribution in [2.24, 2.45) is 0 Å². The lowest BCUT2D eigenvalue weighted by molar-refractivity contribution is 0.0695. The number of likely N-dealkylation sites (N-methyl/N-ethyl adjacent to an activating group) is 1. The summed E-state index contributed by atoms with van der Waals surface area (Å²) < 4.78 is 2.15. The molecule has 0 aliphatic heterocycles. The van der Waals surface area contributed by atoms with E-state index in [1.807, 2.05) is 19.0 Å². The fourth-order valence-electron chi connectivity index (χ4n) is 0.964. The molecule has 1 aromatic rings. The number of carbonyl (C=O) groups is 1. The van der Waals surface area contributed by atoms with E-state index < -0.39 is 5.97 Å². The van der Waals surface area contributed by atoms with Crippen molar-refractivity contribution in [2.75, 3.05) is 20.6 Å². The second-order valence-electron chi connectivity index (χ2n) is 3.18. The molecule has 0 fully saturated rings. The summed E-state index contributed by atoms with van der Waals surface area (Å²) >= 11 is 3.20. The van der Waals surface area contributed by atoms with Crippen LogP contribution >= 0.6 is 15.9 Å². The average molecular weight is 262 g/mol. The highest BCUT2D eigenvalue weighted by Gasteiger charge is 2.13. The molecule has 1 N–H and O–H groups in total. The molecule has 0 saturated heterocycles. The van der Waals surface area contributed by atoms with Gasteiger partial charge in [-0.2, -0.15) is 5.10 Å². The van der Waals surface area contributed by atoms with Crippen molar-refractivity contribution in [3.63, 3.8) is 0 Å². The molecule has 0 aliphatic carbocycles. The Morgan fingerprint density at radius 2 is 2.36 bits per heavy atom. The van der Waals surface area contributed by atoms with Crippen molar-refractivity contribution in [1.82, 2.24) is 14.7 Å².